The third kappa shape index (κ3) is 3.10. The zero-order chi connectivity index (χ0) is 21.9. The average molecular weight is 441 g/mol. The van der Waals surface area contributed by atoms with Crippen LogP contribution in [0.2, 0.25) is 0 Å². The van der Waals surface area contributed by atoms with Crippen LogP contribution in [0.25, 0.3) is 10.9 Å². The van der Waals surface area contributed by atoms with Gasteiger partial charge in [0, 0.05) is 54.4 Å². The van der Waals surface area contributed by atoms with Crippen molar-refractivity contribution in [1.29, 1.82) is 0 Å². The Bertz CT molecular complexity index is 1460. The number of carboxylic acid groups (broad SMARTS) is 1. The fraction of sp³-hybridized carbons (Fsp3) is 0.286. The summed E-state index contributed by atoms with van der Waals surface area (Å²) in [6.45, 7) is 0.992. The minimum Gasteiger partial charge on any atom is -0.477 e. The van der Waals surface area contributed by atoms with Crippen molar-refractivity contribution in [3.05, 3.63) is 74.4 Å². The molecule has 9 nitrogen and oxygen atoms in total. The Morgan fingerprint density at radius 1 is 1.10 bits per heavy atom. The van der Waals surface area contributed by atoms with Crippen LogP contribution in [0.4, 0.5) is 0 Å². The van der Waals surface area contributed by atoms with Crippen molar-refractivity contribution in [1.82, 2.24) is 13.9 Å². The predicted octanol–water partition coefficient (Wildman–Crippen LogP) is 1.20. The van der Waals surface area contributed by atoms with E-state index >= 15 is 0 Å². The van der Waals surface area contributed by atoms with Gasteiger partial charge in [-0.05, 0) is 36.6 Å². The highest BCUT2D eigenvalue weighted by Crippen LogP contribution is 2.37. The van der Waals surface area contributed by atoms with Gasteiger partial charge in [0.2, 0.25) is 15.5 Å². The Labute approximate surface area is 176 Å². The molecule has 0 aliphatic carbocycles. The number of sulfonamides is 1. The van der Waals surface area contributed by atoms with Crippen molar-refractivity contribution in [3.63, 3.8) is 0 Å². The number of fused-ring (bicyclic) bond motifs is 5. The molecule has 2 aliphatic heterocycles. The molecule has 3 aromatic rings. The maximum atomic E-state index is 13.4. The predicted molar refractivity (Wildman–Crippen MR) is 112 cm³/mol. The summed E-state index contributed by atoms with van der Waals surface area (Å²) >= 11 is 0. The number of aromatic nitrogens is 2. The molecule has 2 N–H and O–H groups in total. The number of aromatic amines is 1. The van der Waals surface area contributed by atoms with Crippen molar-refractivity contribution in [2.24, 2.45) is 5.92 Å². The standard InChI is InChI=1S/C21H19N3O6S/c25-19-3-1-2-18-13-6-12(10-24(18)19)9-23(11-13)31(29,30)14-4-5-17-15(7-14)20(26)16(8-22-17)21(27)28/h1-5,7-8,12-13H,6,9-11H2,(H,22,26)(H,27,28)/t12-,13+/m1/s1. The molecule has 1 saturated heterocycles. The minimum atomic E-state index is -3.91. The summed E-state index contributed by atoms with van der Waals surface area (Å²) in [4.78, 5) is 38.6. The largest absolute Gasteiger partial charge is 0.477 e. The lowest BCUT2D eigenvalue weighted by Crippen LogP contribution is -2.49. The minimum absolute atomic E-state index is 0.00933. The van der Waals surface area contributed by atoms with E-state index < -0.39 is 27.0 Å². The first-order chi connectivity index (χ1) is 14.8. The maximum absolute atomic E-state index is 13.4. The van der Waals surface area contributed by atoms with Gasteiger partial charge in [0.05, 0.1) is 4.90 Å². The Morgan fingerprint density at radius 3 is 2.68 bits per heavy atom. The molecule has 31 heavy (non-hydrogen) atoms. The van der Waals surface area contributed by atoms with Crippen LogP contribution in [0.1, 0.15) is 28.4 Å². The van der Waals surface area contributed by atoms with Crippen molar-refractivity contribution in [2.75, 3.05) is 13.1 Å². The maximum Gasteiger partial charge on any atom is 0.341 e. The molecule has 2 aliphatic rings. The number of benzene rings is 1. The van der Waals surface area contributed by atoms with Gasteiger partial charge >= 0.3 is 5.97 Å². The molecule has 0 unspecified atom stereocenters. The van der Waals surface area contributed by atoms with Crippen LogP contribution in [-0.4, -0.2) is 46.4 Å². The van der Waals surface area contributed by atoms with E-state index in [0.717, 1.165) is 18.3 Å². The van der Waals surface area contributed by atoms with Crippen LogP contribution >= 0.6 is 0 Å². The van der Waals surface area contributed by atoms with E-state index in [4.69, 9.17) is 0 Å². The van der Waals surface area contributed by atoms with Gasteiger partial charge in [-0.25, -0.2) is 13.2 Å². The van der Waals surface area contributed by atoms with Crippen LogP contribution in [0.15, 0.2) is 57.1 Å². The molecule has 10 heteroatoms. The van der Waals surface area contributed by atoms with Gasteiger partial charge in [0.1, 0.15) is 5.56 Å². The van der Waals surface area contributed by atoms with Gasteiger partial charge in [-0.15, -0.1) is 0 Å². The smallest absolute Gasteiger partial charge is 0.341 e. The molecule has 4 heterocycles. The molecule has 2 bridgehead atoms. The van der Waals surface area contributed by atoms with E-state index in [9.17, 15) is 27.9 Å². The number of piperidine rings is 1. The Morgan fingerprint density at radius 2 is 1.90 bits per heavy atom. The summed E-state index contributed by atoms with van der Waals surface area (Å²) in [5.41, 5.74) is -0.0623. The van der Waals surface area contributed by atoms with Gasteiger partial charge in [0.15, 0.2) is 0 Å². The highest BCUT2D eigenvalue weighted by atomic mass is 32.2. The molecule has 0 amide bonds. The second-order valence-corrected chi connectivity index (χ2v) is 10.0. The molecule has 0 saturated carbocycles. The number of nitrogens with zero attached hydrogens (tertiary/aromatic N) is 2. The highest BCUT2D eigenvalue weighted by Gasteiger charge is 2.39. The fourth-order valence-corrected chi connectivity index (χ4v) is 6.30. The van der Waals surface area contributed by atoms with Gasteiger partial charge in [-0.3, -0.25) is 9.59 Å². The fourth-order valence-electron chi connectivity index (χ4n) is 4.71. The third-order valence-corrected chi connectivity index (χ3v) is 7.99. The lowest BCUT2D eigenvalue weighted by atomic mass is 9.84. The molecular formula is C21H19N3O6S. The number of carbonyl (C=O) groups is 1. The molecule has 5 rings (SSSR count). The summed E-state index contributed by atoms with van der Waals surface area (Å²) < 4.78 is 29.9. The van der Waals surface area contributed by atoms with E-state index in [1.165, 1.54) is 28.6 Å². The molecular weight excluding hydrogens is 422 g/mol. The number of carboxylic acids is 1. The second-order valence-electron chi connectivity index (χ2n) is 8.06. The topological polar surface area (TPSA) is 130 Å². The molecule has 2 aromatic heterocycles. The number of H-pyrrole nitrogens is 1. The highest BCUT2D eigenvalue weighted by molar-refractivity contribution is 7.89. The van der Waals surface area contributed by atoms with Gasteiger partial charge in [-0.2, -0.15) is 4.31 Å². The number of aromatic carboxylic acids is 1. The third-order valence-electron chi connectivity index (χ3n) is 6.17. The summed E-state index contributed by atoms with van der Waals surface area (Å²) in [5, 5.41) is 9.19. The molecule has 1 fully saturated rings. The Kier molecular flexibility index (Phi) is 4.38. The Balaban J connectivity index is 1.55. The first kappa shape index (κ1) is 19.7. The summed E-state index contributed by atoms with van der Waals surface area (Å²) in [5.74, 6) is -1.45. The average Bonchev–Trinajstić information content (AvgIpc) is 2.74. The lowest BCUT2D eigenvalue weighted by Gasteiger charge is -2.42. The van der Waals surface area contributed by atoms with Crippen LogP contribution in [0, 0.1) is 5.92 Å². The summed E-state index contributed by atoms with van der Waals surface area (Å²) in [6, 6.07) is 9.18. The van der Waals surface area contributed by atoms with Crippen molar-refractivity contribution in [3.8, 4) is 0 Å². The quantitative estimate of drug-likeness (QED) is 0.628. The lowest BCUT2D eigenvalue weighted by molar-refractivity contribution is 0.0695. The van der Waals surface area contributed by atoms with Gasteiger partial charge in [0.25, 0.3) is 5.56 Å². The zero-order valence-electron chi connectivity index (χ0n) is 16.3. The van der Waals surface area contributed by atoms with E-state index in [0.29, 0.717) is 12.1 Å². The van der Waals surface area contributed by atoms with Gasteiger partial charge < -0.3 is 14.7 Å². The van der Waals surface area contributed by atoms with E-state index in [2.05, 4.69) is 4.98 Å². The van der Waals surface area contributed by atoms with E-state index in [-0.39, 0.29) is 40.8 Å². The van der Waals surface area contributed by atoms with Crippen LogP contribution in [0.5, 0.6) is 0 Å². The first-order valence-electron chi connectivity index (χ1n) is 9.84. The van der Waals surface area contributed by atoms with Crippen molar-refractivity contribution in [2.45, 2.75) is 23.8 Å². The van der Waals surface area contributed by atoms with Crippen LogP contribution in [-0.2, 0) is 16.6 Å². The Hall–Kier alpha value is -3.24. The van der Waals surface area contributed by atoms with Gasteiger partial charge in [-0.1, -0.05) is 6.07 Å². The SMILES string of the molecule is O=C(O)c1c[nH]c2ccc(S(=O)(=O)N3C[C@H]4C[C@@H](C3)c3cccc(=O)n3C4)cc2c1=O. The monoisotopic (exact) mass is 441 g/mol. The zero-order valence-corrected chi connectivity index (χ0v) is 17.1. The van der Waals surface area contributed by atoms with E-state index in [1.54, 1.807) is 10.6 Å². The molecule has 1 aromatic carbocycles. The second kappa shape index (κ2) is 6.89. The molecule has 160 valence electrons. The number of pyridine rings is 2. The normalized spacial score (nSPS) is 21.0. The molecule has 0 radical (unpaired) electrons. The number of rotatable bonds is 3. The number of hydrogen-bond donors (Lipinski definition) is 2. The van der Waals surface area contributed by atoms with E-state index in [1.807, 2.05) is 6.07 Å². The summed E-state index contributed by atoms with van der Waals surface area (Å²) in [7, 11) is -3.91. The molecule has 2 atom stereocenters. The number of nitrogens with one attached hydrogen (secondary N) is 1. The number of hydrogen-bond acceptors (Lipinski definition) is 5. The van der Waals surface area contributed by atoms with Crippen molar-refractivity contribution >= 4 is 26.9 Å². The molecule has 0 spiro atoms. The first-order valence-corrected chi connectivity index (χ1v) is 11.3. The van der Waals surface area contributed by atoms with Crippen LogP contribution in [0.3, 0.4) is 0 Å². The summed E-state index contributed by atoms with van der Waals surface area (Å²) in [6.07, 6.45) is 1.92. The van der Waals surface area contributed by atoms with Crippen LogP contribution < -0.4 is 11.0 Å². The van der Waals surface area contributed by atoms with Crippen molar-refractivity contribution < 1.29 is 18.3 Å².